The van der Waals surface area contributed by atoms with Crippen LogP contribution in [0, 0.1) is 18.8 Å². The van der Waals surface area contributed by atoms with Gasteiger partial charge in [-0.2, -0.15) is 0 Å². The first-order chi connectivity index (χ1) is 20.2. The average Bonchev–Trinajstić information content (AvgIpc) is 2.97. The highest BCUT2D eigenvalue weighted by Crippen LogP contribution is 2.19. The Bertz CT molecular complexity index is 1260. The fourth-order valence-electron chi connectivity index (χ4n) is 5.48. The topological polar surface area (TPSA) is 156 Å². The van der Waals surface area contributed by atoms with Crippen LogP contribution in [0.1, 0.15) is 48.5 Å². The molecule has 2 saturated heterocycles. The molecular weight excluding hydrogens is 540 g/mol. The molecule has 4 rings (SSSR count). The van der Waals surface area contributed by atoms with Gasteiger partial charge in [-0.05, 0) is 56.9 Å². The van der Waals surface area contributed by atoms with Crippen LogP contribution in [0.2, 0.25) is 0 Å². The minimum atomic E-state index is -0.806. The van der Waals surface area contributed by atoms with Gasteiger partial charge in [0, 0.05) is 51.5 Å². The number of aliphatic carboxylic acids is 2. The molecule has 2 fully saturated rings. The molecule has 0 spiro atoms. The van der Waals surface area contributed by atoms with Crippen LogP contribution in [-0.4, -0.2) is 97.9 Å². The second-order valence-electron chi connectivity index (χ2n) is 11.1. The summed E-state index contributed by atoms with van der Waals surface area (Å²) < 4.78 is 0. The number of carbonyl (C=O) groups is 4. The van der Waals surface area contributed by atoms with E-state index in [0.717, 1.165) is 22.8 Å². The van der Waals surface area contributed by atoms with Crippen LogP contribution < -0.4 is 5.32 Å². The van der Waals surface area contributed by atoms with E-state index in [2.05, 4.69) is 10.3 Å². The Kier molecular flexibility index (Phi) is 11.0. The summed E-state index contributed by atoms with van der Waals surface area (Å²) in [4.78, 5) is 63.0. The summed E-state index contributed by atoms with van der Waals surface area (Å²) in [5.74, 6) is -2.49. The number of hydrogen-bond acceptors (Lipinski definition) is 8. The number of nitrogens with zero attached hydrogens (tertiary/aromatic N) is 5. The summed E-state index contributed by atoms with van der Waals surface area (Å²) in [7, 11) is 0. The molecule has 12 nitrogen and oxygen atoms in total. The molecule has 226 valence electrons. The number of rotatable bonds is 12. The van der Waals surface area contributed by atoms with Crippen molar-refractivity contribution >= 4 is 23.8 Å². The standard InChI is InChI=1S/C30H40N6O6/c1-21-4-2-6-25(32-21)18-34(20-28(38)36-14-10-23(11-15-36)30(41)42)19-26-7-3-5-24(33-26)16-31-17-27(37)35-12-8-22(9-13-35)29(39)40/h2-7,22-23,31H,8-20H2,1H3,(H,39,40)(H,41,42). The fraction of sp³-hybridized carbons (Fsp3) is 0.533. The number of carbonyl (C=O) groups excluding carboxylic acids is 2. The summed E-state index contributed by atoms with van der Waals surface area (Å²) in [5.41, 5.74) is 3.28. The maximum atomic E-state index is 13.2. The van der Waals surface area contributed by atoms with E-state index in [4.69, 9.17) is 10.1 Å². The first-order valence-electron chi connectivity index (χ1n) is 14.5. The van der Waals surface area contributed by atoms with Gasteiger partial charge in [-0.3, -0.25) is 34.0 Å². The molecule has 0 unspecified atom stereocenters. The van der Waals surface area contributed by atoms with Gasteiger partial charge in [0.1, 0.15) is 0 Å². The third-order valence-electron chi connectivity index (χ3n) is 7.92. The van der Waals surface area contributed by atoms with Crippen molar-refractivity contribution in [3.05, 3.63) is 59.2 Å². The van der Waals surface area contributed by atoms with Gasteiger partial charge in [-0.25, -0.2) is 0 Å². The molecule has 0 bridgehead atoms. The van der Waals surface area contributed by atoms with Gasteiger partial charge in [0.2, 0.25) is 11.8 Å². The lowest BCUT2D eigenvalue weighted by Gasteiger charge is -2.32. The maximum absolute atomic E-state index is 13.2. The Morgan fingerprint density at radius 2 is 1.29 bits per heavy atom. The highest BCUT2D eigenvalue weighted by molar-refractivity contribution is 5.79. The Balaban J connectivity index is 1.33. The normalized spacial score (nSPS) is 16.5. The van der Waals surface area contributed by atoms with Crippen LogP contribution in [0.25, 0.3) is 0 Å². The predicted molar refractivity (Wildman–Crippen MR) is 153 cm³/mol. The highest BCUT2D eigenvalue weighted by atomic mass is 16.4. The number of aromatic nitrogens is 2. The lowest BCUT2D eigenvalue weighted by Crippen LogP contribution is -2.45. The zero-order valence-electron chi connectivity index (χ0n) is 24.1. The number of hydrogen-bond donors (Lipinski definition) is 3. The molecule has 0 aromatic carbocycles. The largest absolute Gasteiger partial charge is 0.481 e. The summed E-state index contributed by atoms with van der Waals surface area (Å²) in [5, 5.41) is 21.6. The van der Waals surface area contributed by atoms with Gasteiger partial charge in [-0.15, -0.1) is 0 Å². The number of carboxylic acids is 2. The molecule has 3 N–H and O–H groups in total. The van der Waals surface area contributed by atoms with Crippen molar-refractivity contribution in [2.45, 2.75) is 52.2 Å². The Labute approximate surface area is 245 Å². The van der Waals surface area contributed by atoms with Crippen molar-refractivity contribution < 1.29 is 29.4 Å². The lowest BCUT2D eigenvalue weighted by molar-refractivity contribution is -0.146. The van der Waals surface area contributed by atoms with Crippen molar-refractivity contribution in [2.75, 3.05) is 39.3 Å². The van der Waals surface area contributed by atoms with Crippen molar-refractivity contribution in [1.82, 2.24) is 30.0 Å². The van der Waals surface area contributed by atoms with E-state index in [1.54, 1.807) is 9.80 Å². The monoisotopic (exact) mass is 580 g/mol. The van der Waals surface area contributed by atoms with E-state index >= 15 is 0 Å². The number of carboxylic acid groups (broad SMARTS) is 2. The van der Waals surface area contributed by atoms with Gasteiger partial charge in [0.25, 0.3) is 0 Å². The third kappa shape index (κ3) is 9.05. The molecule has 2 aliphatic heterocycles. The molecular formula is C30H40N6O6. The SMILES string of the molecule is Cc1cccc(CN(CC(=O)N2CCC(C(=O)O)CC2)Cc2cccc(CNCC(=O)N3CCC(C(=O)O)CC3)n2)n1. The first kappa shape index (κ1) is 31.0. The number of amides is 2. The highest BCUT2D eigenvalue weighted by Gasteiger charge is 2.28. The number of likely N-dealkylation sites (tertiary alicyclic amines) is 2. The van der Waals surface area contributed by atoms with E-state index in [1.807, 2.05) is 48.2 Å². The van der Waals surface area contributed by atoms with Crippen molar-refractivity contribution in [3.63, 3.8) is 0 Å². The summed E-state index contributed by atoms with van der Waals surface area (Å²) in [6, 6.07) is 11.5. The second-order valence-corrected chi connectivity index (χ2v) is 11.1. The fourth-order valence-corrected chi connectivity index (χ4v) is 5.48. The molecule has 2 aromatic heterocycles. The van der Waals surface area contributed by atoms with Gasteiger partial charge in [0.05, 0.1) is 42.0 Å². The maximum Gasteiger partial charge on any atom is 0.306 e. The number of nitrogens with one attached hydrogen (secondary N) is 1. The van der Waals surface area contributed by atoms with Gasteiger partial charge in [-0.1, -0.05) is 12.1 Å². The molecule has 0 atom stereocenters. The van der Waals surface area contributed by atoms with Crippen LogP contribution in [-0.2, 0) is 38.8 Å². The zero-order chi connectivity index (χ0) is 30.1. The summed E-state index contributed by atoms with van der Waals surface area (Å²) in [6.45, 7) is 5.25. The molecule has 12 heteroatoms. The van der Waals surface area contributed by atoms with Crippen LogP contribution in [0.3, 0.4) is 0 Å². The average molecular weight is 581 g/mol. The molecule has 0 saturated carbocycles. The van der Waals surface area contributed by atoms with Crippen LogP contribution in [0.4, 0.5) is 0 Å². The summed E-state index contributed by atoms with van der Waals surface area (Å²) in [6.07, 6.45) is 1.87. The Morgan fingerprint density at radius 3 is 1.83 bits per heavy atom. The quantitative estimate of drug-likeness (QED) is 0.336. The Hall–Kier alpha value is -3.90. The number of piperidine rings is 2. The molecule has 42 heavy (non-hydrogen) atoms. The molecule has 2 aliphatic rings. The Morgan fingerprint density at radius 1 is 0.786 bits per heavy atom. The van der Waals surface area contributed by atoms with Crippen molar-refractivity contribution in [3.8, 4) is 0 Å². The van der Waals surface area contributed by atoms with E-state index in [-0.39, 0.29) is 30.8 Å². The molecule has 0 aliphatic carbocycles. The molecule has 0 radical (unpaired) electrons. The predicted octanol–water partition coefficient (Wildman–Crippen LogP) is 1.52. The van der Waals surface area contributed by atoms with Crippen molar-refractivity contribution in [1.29, 1.82) is 0 Å². The minimum Gasteiger partial charge on any atom is -0.481 e. The molecule has 2 amide bonds. The molecule has 4 heterocycles. The summed E-state index contributed by atoms with van der Waals surface area (Å²) >= 11 is 0. The lowest BCUT2D eigenvalue weighted by atomic mass is 9.97. The first-order valence-corrected chi connectivity index (χ1v) is 14.5. The second kappa shape index (κ2) is 14.8. The van der Waals surface area contributed by atoms with Gasteiger partial charge in [0.15, 0.2) is 0 Å². The van der Waals surface area contributed by atoms with Crippen LogP contribution >= 0.6 is 0 Å². The van der Waals surface area contributed by atoms with Crippen molar-refractivity contribution in [2.24, 2.45) is 11.8 Å². The smallest absolute Gasteiger partial charge is 0.306 e. The van der Waals surface area contributed by atoms with E-state index in [0.29, 0.717) is 71.5 Å². The van der Waals surface area contributed by atoms with Crippen LogP contribution in [0.5, 0.6) is 0 Å². The zero-order valence-corrected chi connectivity index (χ0v) is 24.1. The van der Waals surface area contributed by atoms with Crippen LogP contribution in [0.15, 0.2) is 36.4 Å². The minimum absolute atomic E-state index is 0.0461. The van der Waals surface area contributed by atoms with E-state index in [1.165, 1.54) is 0 Å². The number of pyridine rings is 2. The van der Waals surface area contributed by atoms with E-state index < -0.39 is 17.9 Å². The number of aryl methyl sites for hydroxylation is 1. The molecule has 2 aromatic rings. The van der Waals surface area contributed by atoms with Gasteiger partial charge >= 0.3 is 11.9 Å². The van der Waals surface area contributed by atoms with Gasteiger partial charge < -0.3 is 25.3 Å². The third-order valence-corrected chi connectivity index (χ3v) is 7.92. The van der Waals surface area contributed by atoms with E-state index in [9.17, 15) is 24.3 Å².